The lowest BCUT2D eigenvalue weighted by Gasteiger charge is -2.41. The number of carbonyl (C=O) groups is 1. The fourth-order valence-corrected chi connectivity index (χ4v) is 6.44. The second kappa shape index (κ2) is 14.3. The van der Waals surface area contributed by atoms with Gasteiger partial charge in [-0.15, -0.1) is 0 Å². The minimum absolute atomic E-state index is 0.00119. The number of amides is 1. The van der Waals surface area contributed by atoms with Crippen LogP contribution in [0.15, 0.2) is 72.8 Å². The molecule has 0 aliphatic carbocycles. The first-order valence-electron chi connectivity index (χ1n) is 15.3. The van der Waals surface area contributed by atoms with E-state index in [1.807, 2.05) is 72.8 Å². The highest BCUT2D eigenvalue weighted by Crippen LogP contribution is 2.40. The van der Waals surface area contributed by atoms with Crippen molar-refractivity contribution in [3.8, 4) is 11.1 Å². The minimum atomic E-state index is -2.03. The first kappa shape index (κ1) is 32.7. The van der Waals surface area contributed by atoms with Gasteiger partial charge in [0.15, 0.2) is 12.1 Å². The van der Waals surface area contributed by atoms with E-state index < -0.39 is 21.8 Å². The molecule has 240 valence electrons. The van der Waals surface area contributed by atoms with E-state index in [1.54, 1.807) is 0 Å². The molecule has 1 spiro atoms. The van der Waals surface area contributed by atoms with Crippen LogP contribution in [0.4, 0.5) is 0 Å². The number of nitrogens with zero attached hydrogens (tertiary/aromatic N) is 1. The highest BCUT2D eigenvalue weighted by atomic mass is 35.6. The average molecular weight is 676 g/mol. The number of halogens is 3. The number of hydrogen-bond donors (Lipinski definition) is 2. The van der Waals surface area contributed by atoms with Crippen LogP contribution in [-0.2, 0) is 36.9 Å². The molecular weight excluding hydrogens is 639 g/mol. The van der Waals surface area contributed by atoms with E-state index in [4.69, 9.17) is 53.8 Å². The molecule has 2 N–H and O–H groups in total. The summed E-state index contributed by atoms with van der Waals surface area (Å²) in [6, 6.07) is 23.8. The fraction of sp³-hybridized carbons (Fsp3) is 0.441. The maximum absolute atomic E-state index is 12.1. The predicted octanol–water partition coefficient (Wildman–Crippen LogP) is 6.22. The molecule has 45 heavy (non-hydrogen) atoms. The molecule has 0 radical (unpaired) electrons. The van der Waals surface area contributed by atoms with E-state index in [9.17, 15) is 9.90 Å². The molecule has 8 nitrogen and oxygen atoms in total. The van der Waals surface area contributed by atoms with E-state index in [1.165, 1.54) is 0 Å². The van der Waals surface area contributed by atoms with Gasteiger partial charge in [-0.3, -0.25) is 4.79 Å². The summed E-state index contributed by atoms with van der Waals surface area (Å²) in [5, 5.41) is 12.2. The lowest BCUT2D eigenvalue weighted by atomic mass is 9.97. The maximum atomic E-state index is 12.1. The molecule has 3 atom stereocenters. The summed E-state index contributed by atoms with van der Waals surface area (Å²) in [6.45, 7) is 4.10. The topological polar surface area (TPSA) is 89.5 Å². The van der Waals surface area contributed by atoms with Crippen molar-refractivity contribution in [2.45, 2.75) is 60.5 Å². The lowest BCUT2D eigenvalue weighted by molar-refractivity contribution is -0.255. The van der Waals surface area contributed by atoms with Crippen LogP contribution in [0.1, 0.15) is 53.9 Å². The van der Waals surface area contributed by atoms with Crippen LogP contribution in [0.2, 0.25) is 0 Å². The summed E-state index contributed by atoms with van der Waals surface area (Å²) in [5.74, 6) is -1.09. The number of rotatable bonds is 8. The smallest absolute Gasteiger partial charge is 0.272 e. The van der Waals surface area contributed by atoms with Crippen molar-refractivity contribution < 1.29 is 28.8 Å². The number of alkyl halides is 3. The summed E-state index contributed by atoms with van der Waals surface area (Å²) in [7, 11) is 0. The van der Waals surface area contributed by atoms with Gasteiger partial charge < -0.3 is 34.3 Å². The van der Waals surface area contributed by atoms with Gasteiger partial charge in [-0.2, -0.15) is 0 Å². The molecule has 3 aromatic rings. The van der Waals surface area contributed by atoms with Gasteiger partial charge in [0.05, 0.1) is 32.0 Å². The van der Waals surface area contributed by atoms with Gasteiger partial charge >= 0.3 is 0 Å². The third-order valence-electron chi connectivity index (χ3n) is 8.72. The van der Waals surface area contributed by atoms with Gasteiger partial charge in [0, 0.05) is 51.0 Å². The van der Waals surface area contributed by atoms with E-state index in [0.717, 1.165) is 72.3 Å². The SMILES string of the molecule is O=C(NCc1ccccc1-c1ccc([C@@H]2O[C@H](CN3CCC4(CC3)OCCO4)C[C@H](c3ccc(CO)cc3)O2)cc1)C(Cl)(Cl)Cl. The zero-order chi connectivity index (χ0) is 31.4. The van der Waals surface area contributed by atoms with E-state index >= 15 is 0 Å². The lowest BCUT2D eigenvalue weighted by Crippen LogP contribution is -2.48. The largest absolute Gasteiger partial charge is 0.392 e. The Balaban J connectivity index is 1.18. The van der Waals surface area contributed by atoms with Crippen molar-refractivity contribution in [3.63, 3.8) is 0 Å². The number of nitrogens with one attached hydrogen (secondary N) is 1. The van der Waals surface area contributed by atoms with Crippen molar-refractivity contribution >= 4 is 40.7 Å². The van der Waals surface area contributed by atoms with Crippen molar-refractivity contribution in [1.29, 1.82) is 0 Å². The Labute approximate surface area is 278 Å². The highest BCUT2D eigenvalue weighted by Gasteiger charge is 2.41. The number of piperidine rings is 1. The zero-order valence-corrected chi connectivity index (χ0v) is 27.1. The van der Waals surface area contributed by atoms with Gasteiger partial charge in [0.2, 0.25) is 0 Å². The van der Waals surface area contributed by atoms with Crippen molar-refractivity contribution in [3.05, 3.63) is 95.1 Å². The molecule has 1 amide bonds. The monoisotopic (exact) mass is 674 g/mol. The Hall–Kier alpha value is -2.24. The molecule has 0 aromatic heterocycles. The van der Waals surface area contributed by atoms with Crippen molar-refractivity contribution in [2.24, 2.45) is 0 Å². The Morgan fingerprint density at radius 2 is 1.58 bits per heavy atom. The first-order valence-corrected chi connectivity index (χ1v) is 16.4. The minimum Gasteiger partial charge on any atom is -0.392 e. The first-order chi connectivity index (χ1) is 21.7. The summed E-state index contributed by atoms with van der Waals surface area (Å²) < 4.78 is 23.0. The molecule has 0 saturated carbocycles. The second-order valence-corrected chi connectivity index (χ2v) is 14.0. The predicted molar refractivity (Wildman–Crippen MR) is 173 cm³/mol. The zero-order valence-electron chi connectivity index (χ0n) is 24.8. The number of aliphatic hydroxyl groups excluding tert-OH is 1. The van der Waals surface area contributed by atoms with E-state index in [2.05, 4.69) is 10.2 Å². The fourth-order valence-electron chi connectivity index (χ4n) is 6.23. The molecule has 3 fully saturated rings. The maximum Gasteiger partial charge on any atom is 0.272 e. The van der Waals surface area contributed by atoms with Crippen LogP contribution < -0.4 is 5.32 Å². The third-order valence-corrected chi connectivity index (χ3v) is 9.23. The van der Waals surface area contributed by atoms with Crippen molar-refractivity contribution in [2.75, 3.05) is 32.8 Å². The molecule has 3 saturated heterocycles. The van der Waals surface area contributed by atoms with E-state index in [-0.39, 0.29) is 25.4 Å². The molecule has 3 aliphatic rings. The summed E-state index contributed by atoms with van der Waals surface area (Å²) >= 11 is 17.2. The molecule has 0 bridgehead atoms. The Bertz CT molecular complexity index is 1430. The van der Waals surface area contributed by atoms with Crippen LogP contribution in [-0.4, -0.2) is 64.4 Å². The normalized spacial score (nSPS) is 23.7. The van der Waals surface area contributed by atoms with Crippen molar-refractivity contribution in [1.82, 2.24) is 10.2 Å². The van der Waals surface area contributed by atoms with Gasteiger partial charge in [0.1, 0.15) is 0 Å². The van der Waals surface area contributed by atoms with Gasteiger partial charge in [-0.05, 0) is 27.8 Å². The third kappa shape index (κ3) is 8.01. The molecule has 3 aliphatic heterocycles. The number of ether oxygens (including phenoxy) is 4. The summed E-state index contributed by atoms with van der Waals surface area (Å²) in [5.41, 5.74) is 5.64. The van der Waals surface area contributed by atoms with Crippen LogP contribution in [0.3, 0.4) is 0 Å². The van der Waals surface area contributed by atoms with Gasteiger partial charge in [0.25, 0.3) is 9.70 Å². The number of benzene rings is 3. The second-order valence-electron chi connectivity index (χ2n) is 11.7. The molecule has 0 unspecified atom stereocenters. The molecule has 3 aromatic carbocycles. The quantitative estimate of drug-likeness (QED) is 0.274. The van der Waals surface area contributed by atoms with Gasteiger partial charge in [-0.25, -0.2) is 0 Å². The van der Waals surface area contributed by atoms with Crippen LogP contribution in [0, 0.1) is 0 Å². The van der Waals surface area contributed by atoms with Crippen LogP contribution in [0.25, 0.3) is 11.1 Å². The highest BCUT2D eigenvalue weighted by molar-refractivity contribution is 6.76. The number of likely N-dealkylation sites (tertiary alicyclic amines) is 1. The van der Waals surface area contributed by atoms with Crippen LogP contribution >= 0.6 is 34.8 Å². The summed E-state index contributed by atoms with van der Waals surface area (Å²) in [6.07, 6.45) is 1.64. The average Bonchev–Trinajstić information content (AvgIpc) is 3.52. The van der Waals surface area contributed by atoms with Gasteiger partial charge in [-0.1, -0.05) is 108 Å². The molecule has 11 heteroatoms. The number of aliphatic hydroxyl groups is 1. The van der Waals surface area contributed by atoms with E-state index in [0.29, 0.717) is 13.2 Å². The number of carbonyl (C=O) groups excluding carboxylic acids is 1. The molecule has 6 rings (SSSR count). The standard InChI is InChI=1S/C34H37Cl3N2O6/c35-34(36,37)32(41)38-20-27-3-1-2-4-29(27)24-9-11-26(12-10-24)31-44-28(19-30(45-31)25-7-5-23(22-40)6-8-25)21-39-15-13-33(14-16-39)42-17-18-43-33/h1-12,28,30-31,40H,13-22H2,(H,38,41)/t28-,30+,31+/m0/s1. The Kier molecular flexibility index (Phi) is 10.4. The molecular formula is C34H37Cl3N2O6. The Morgan fingerprint density at radius 3 is 2.24 bits per heavy atom. The summed E-state index contributed by atoms with van der Waals surface area (Å²) in [4.78, 5) is 14.5. The van der Waals surface area contributed by atoms with Crippen LogP contribution in [0.5, 0.6) is 0 Å². The number of hydrogen-bond acceptors (Lipinski definition) is 7. The Morgan fingerprint density at radius 1 is 0.911 bits per heavy atom. The molecule has 3 heterocycles.